The molecule has 1 atom stereocenters. The van der Waals surface area contributed by atoms with Crippen molar-refractivity contribution in [2.45, 2.75) is 13.0 Å². The first-order chi connectivity index (χ1) is 7.99. The number of hydrogen-bond acceptors (Lipinski definition) is 3. The summed E-state index contributed by atoms with van der Waals surface area (Å²) >= 11 is 0. The Morgan fingerprint density at radius 3 is 2.76 bits per heavy atom. The summed E-state index contributed by atoms with van der Waals surface area (Å²) in [5, 5.41) is 13.5. The van der Waals surface area contributed by atoms with Crippen molar-refractivity contribution in [2.75, 3.05) is 11.9 Å². The van der Waals surface area contributed by atoms with E-state index in [2.05, 4.69) is 10.6 Å². The van der Waals surface area contributed by atoms with Crippen LogP contribution in [0.1, 0.15) is 6.92 Å². The molecule has 0 radical (unpaired) electrons. The van der Waals surface area contributed by atoms with E-state index in [1.165, 1.54) is 25.1 Å². The number of hydrogen-bond donors (Lipinski definition) is 3. The zero-order chi connectivity index (χ0) is 12.8. The Balaban J connectivity index is 2.42. The van der Waals surface area contributed by atoms with Gasteiger partial charge in [0.05, 0.1) is 6.54 Å². The normalized spacial score (nSPS) is 11.9. The van der Waals surface area contributed by atoms with E-state index < -0.39 is 23.7 Å². The SMILES string of the molecule is CC(NCC(=O)Nc1cccc(F)c1)C(=O)O. The molecule has 0 spiro atoms. The van der Waals surface area contributed by atoms with Gasteiger partial charge in [-0.2, -0.15) is 0 Å². The van der Waals surface area contributed by atoms with Gasteiger partial charge in [-0.3, -0.25) is 14.9 Å². The second-order valence-corrected chi connectivity index (χ2v) is 3.50. The highest BCUT2D eigenvalue weighted by Crippen LogP contribution is 2.08. The Morgan fingerprint density at radius 1 is 1.47 bits per heavy atom. The number of carboxylic acids is 1. The Hall–Kier alpha value is -1.95. The van der Waals surface area contributed by atoms with Crippen molar-refractivity contribution >= 4 is 17.6 Å². The lowest BCUT2D eigenvalue weighted by Crippen LogP contribution is -2.39. The number of anilines is 1. The zero-order valence-electron chi connectivity index (χ0n) is 9.24. The van der Waals surface area contributed by atoms with Gasteiger partial charge >= 0.3 is 5.97 Å². The molecule has 5 nitrogen and oxygen atoms in total. The monoisotopic (exact) mass is 240 g/mol. The number of aliphatic carboxylic acids is 1. The molecule has 0 fully saturated rings. The molecule has 1 unspecified atom stereocenters. The highest BCUT2D eigenvalue weighted by atomic mass is 19.1. The Kier molecular flexibility index (Phi) is 4.59. The van der Waals surface area contributed by atoms with Crippen molar-refractivity contribution < 1.29 is 19.1 Å². The van der Waals surface area contributed by atoms with Crippen LogP contribution in [0.3, 0.4) is 0 Å². The smallest absolute Gasteiger partial charge is 0.320 e. The lowest BCUT2D eigenvalue weighted by Gasteiger charge is -2.09. The summed E-state index contributed by atoms with van der Waals surface area (Å²) in [5.41, 5.74) is 0.333. The van der Waals surface area contributed by atoms with Crippen molar-refractivity contribution in [1.29, 1.82) is 0 Å². The molecule has 17 heavy (non-hydrogen) atoms. The number of carbonyl (C=O) groups is 2. The van der Waals surface area contributed by atoms with Crippen LogP contribution in [-0.2, 0) is 9.59 Å². The third-order valence-corrected chi connectivity index (χ3v) is 2.05. The first-order valence-electron chi connectivity index (χ1n) is 5.00. The third-order valence-electron chi connectivity index (χ3n) is 2.05. The van der Waals surface area contributed by atoms with E-state index in [0.29, 0.717) is 5.69 Å². The predicted octanol–water partition coefficient (Wildman–Crippen LogP) is 0.827. The van der Waals surface area contributed by atoms with Crippen molar-refractivity contribution in [2.24, 2.45) is 0 Å². The number of benzene rings is 1. The van der Waals surface area contributed by atoms with E-state index >= 15 is 0 Å². The van der Waals surface area contributed by atoms with Gasteiger partial charge in [0.2, 0.25) is 5.91 Å². The van der Waals surface area contributed by atoms with Gasteiger partial charge in [-0.1, -0.05) is 6.07 Å². The lowest BCUT2D eigenvalue weighted by molar-refractivity contribution is -0.139. The maximum absolute atomic E-state index is 12.8. The number of amides is 1. The number of nitrogens with one attached hydrogen (secondary N) is 2. The highest BCUT2D eigenvalue weighted by molar-refractivity contribution is 5.92. The molecule has 0 aliphatic heterocycles. The molecule has 0 saturated heterocycles. The zero-order valence-corrected chi connectivity index (χ0v) is 9.24. The maximum atomic E-state index is 12.8. The quantitative estimate of drug-likeness (QED) is 0.712. The average molecular weight is 240 g/mol. The summed E-state index contributed by atoms with van der Waals surface area (Å²) in [6.45, 7) is 1.28. The number of carbonyl (C=O) groups excluding carboxylic acids is 1. The average Bonchev–Trinajstić information content (AvgIpc) is 2.25. The fraction of sp³-hybridized carbons (Fsp3) is 0.273. The fourth-order valence-electron chi connectivity index (χ4n) is 1.10. The van der Waals surface area contributed by atoms with E-state index in [0.717, 1.165) is 0 Å². The first-order valence-corrected chi connectivity index (χ1v) is 5.00. The molecule has 92 valence electrons. The predicted molar refractivity (Wildman–Crippen MR) is 60.1 cm³/mol. The molecule has 1 aromatic rings. The molecule has 0 heterocycles. The Morgan fingerprint density at radius 2 is 2.18 bits per heavy atom. The molecule has 1 rings (SSSR count). The van der Waals surface area contributed by atoms with E-state index in [-0.39, 0.29) is 6.54 Å². The van der Waals surface area contributed by atoms with Gasteiger partial charge in [-0.05, 0) is 25.1 Å². The highest BCUT2D eigenvalue weighted by Gasteiger charge is 2.11. The standard InChI is InChI=1S/C11H13FN2O3/c1-7(11(16)17)13-6-10(15)14-9-4-2-3-8(12)5-9/h2-5,7,13H,6H2,1H3,(H,14,15)(H,16,17). The second kappa shape index (κ2) is 5.95. The molecular formula is C11H13FN2O3. The summed E-state index contributed by atoms with van der Waals surface area (Å²) in [4.78, 5) is 21.8. The molecular weight excluding hydrogens is 227 g/mol. The van der Waals surface area contributed by atoms with Crippen molar-refractivity contribution in [3.8, 4) is 0 Å². The molecule has 0 aromatic heterocycles. The largest absolute Gasteiger partial charge is 0.480 e. The minimum Gasteiger partial charge on any atom is -0.480 e. The first kappa shape index (κ1) is 13.1. The minimum atomic E-state index is -1.04. The van der Waals surface area contributed by atoms with Gasteiger partial charge in [0.1, 0.15) is 11.9 Å². The van der Waals surface area contributed by atoms with Gasteiger partial charge in [0, 0.05) is 5.69 Å². The summed E-state index contributed by atoms with van der Waals surface area (Å²) in [5.74, 6) is -1.91. The fourth-order valence-corrected chi connectivity index (χ4v) is 1.10. The van der Waals surface area contributed by atoms with E-state index in [1.807, 2.05) is 0 Å². The number of halogens is 1. The molecule has 1 aromatic carbocycles. The van der Waals surface area contributed by atoms with E-state index in [9.17, 15) is 14.0 Å². The van der Waals surface area contributed by atoms with Crippen LogP contribution in [0.4, 0.5) is 10.1 Å². The van der Waals surface area contributed by atoms with Gasteiger partial charge in [-0.25, -0.2) is 4.39 Å². The molecule has 0 aliphatic carbocycles. The van der Waals surface area contributed by atoms with Gasteiger partial charge in [0.25, 0.3) is 0 Å². The third kappa shape index (κ3) is 4.60. The van der Waals surface area contributed by atoms with Gasteiger partial charge < -0.3 is 10.4 Å². The van der Waals surface area contributed by atoms with Crippen LogP contribution in [0.5, 0.6) is 0 Å². The van der Waals surface area contributed by atoms with E-state index in [1.54, 1.807) is 6.07 Å². The molecule has 3 N–H and O–H groups in total. The van der Waals surface area contributed by atoms with Crippen molar-refractivity contribution in [3.63, 3.8) is 0 Å². The van der Waals surface area contributed by atoms with Crippen LogP contribution in [0, 0.1) is 5.82 Å². The molecule has 0 saturated carbocycles. The van der Waals surface area contributed by atoms with Gasteiger partial charge in [0.15, 0.2) is 0 Å². The van der Waals surface area contributed by atoms with Crippen LogP contribution >= 0.6 is 0 Å². The summed E-state index contributed by atoms with van der Waals surface area (Å²) in [6.07, 6.45) is 0. The topological polar surface area (TPSA) is 78.4 Å². The Labute approximate surface area is 97.6 Å². The lowest BCUT2D eigenvalue weighted by atomic mass is 10.3. The minimum absolute atomic E-state index is 0.149. The number of rotatable bonds is 5. The Bertz CT molecular complexity index is 423. The van der Waals surface area contributed by atoms with Crippen LogP contribution < -0.4 is 10.6 Å². The molecule has 0 bridgehead atoms. The molecule has 0 aliphatic rings. The van der Waals surface area contributed by atoms with E-state index in [4.69, 9.17) is 5.11 Å². The van der Waals surface area contributed by atoms with Crippen LogP contribution in [0.15, 0.2) is 24.3 Å². The summed E-state index contributed by atoms with van der Waals surface area (Å²) in [6, 6.07) is 4.65. The molecule has 6 heteroatoms. The van der Waals surface area contributed by atoms with Gasteiger partial charge in [-0.15, -0.1) is 0 Å². The van der Waals surface area contributed by atoms with Crippen LogP contribution in [0.2, 0.25) is 0 Å². The number of carboxylic acid groups (broad SMARTS) is 1. The molecule has 1 amide bonds. The summed E-state index contributed by atoms with van der Waals surface area (Å²) < 4.78 is 12.8. The maximum Gasteiger partial charge on any atom is 0.320 e. The summed E-state index contributed by atoms with van der Waals surface area (Å²) in [7, 11) is 0. The van der Waals surface area contributed by atoms with Crippen LogP contribution in [0.25, 0.3) is 0 Å². The van der Waals surface area contributed by atoms with Crippen LogP contribution in [-0.4, -0.2) is 29.6 Å². The second-order valence-electron chi connectivity index (χ2n) is 3.50. The van der Waals surface area contributed by atoms with Crippen molar-refractivity contribution in [3.05, 3.63) is 30.1 Å². The van der Waals surface area contributed by atoms with Crippen molar-refractivity contribution in [1.82, 2.24) is 5.32 Å².